The van der Waals surface area contributed by atoms with Gasteiger partial charge in [0.1, 0.15) is 0 Å². The molecular formula is C12H25NO. The zero-order valence-corrected chi connectivity index (χ0v) is 9.88. The van der Waals surface area contributed by atoms with Gasteiger partial charge in [-0.05, 0) is 30.1 Å². The third-order valence-electron chi connectivity index (χ3n) is 3.98. The molecule has 1 fully saturated rings. The largest absolute Gasteiger partial charge is 0.304 e. The van der Waals surface area contributed by atoms with Gasteiger partial charge in [0.25, 0.3) is 0 Å². The van der Waals surface area contributed by atoms with Crippen molar-refractivity contribution in [2.45, 2.75) is 52.9 Å². The molecule has 1 rings (SSSR count). The van der Waals surface area contributed by atoms with Crippen LogP contribution in [0.1, 0.15) is 52.9 Å². The molecule has 2 nitrogen and oxygen atoms in total. The van der Waals surface area contributed by atoms with Gasteiger partial charge in [0.05, 0.1) is 6.61 Å². The number of nitrogens with two attached hydrogens (primary N) is 1. The predicted octanol–water partition coefficient (Wildman–Crippen LogP) is 3.12. The highest BCUT2D eigenvalue weighted by molar-refractivity contribution is 4.82. The molecule has 0 amide bonds. The van der Waals surface area contributed by atoms with Crippen LogP contribution in [-0.2, 0) is 4.84 Å². The molecule has 1 saturated carbocycles. The maximum atomic E-state index is 5.17. The molecule has 0 aromatic rings. The summed E-state index contributed by atoms with van der Waals surface area (Å²) in [5.74, 6) is 6.95. The van der Waals surface area contributed by atoms with Crippen LogP contribution in [0, 0.1) is 17.3 Å². The minimum Gasteiger partial charge on any atom is -0.304 e. The Morgan fingerprint density at radius 3 is 2.21 bits per heavy atom. The second kappa shape index (κ2) is 5.13. The first-order valence-electron chi connectivity index (χ1n) is 5.91. The van der Waals surface area contributed by atoms with Gasteiger partial charge < -0.3 is 4.84 Å². The van der Waals surface area contributed by atoms with E-state index in [0.717, 1.165) is 11.8 Å². The fourth-order valence-corrected chi connectivity index (χ4v) is 2.68. The van der Waals surface area contributed by atoms with Crippen LogP contribution in [0.15, 0.2) is 0 Å². The molecule has 1 aliphatic rings. The zero-order valence-electron chi connectivity index (χ0n) is 9.88. The molecule has 84 valence electrons. The molecule has 0 unspecified atom stereocenters. The molecule has 0 bridgehead atoms. The fourth-order valence-electron chi connectivity index (χ4n) is 2.68. The molecule has 0 radical (unpaired) electrons. The maximum Gasteiger partial charge on any atom is 0.0732 e. The molecule has 0 saturated heterocycles. The lowest BCUT2D eigenvalue weighted by atomic mass is 9.69. The molecular weight excluding hydrogens is 174 g/mol. The predicted molar refractivity (Wildman–Crippen MR) is 59.7 cm³/mol. The van der Waals surface area contributed by atoms with E-state index in [-0.39, 0.29) is 5.41 Å². The lowest BCUT2D eigenvalue weighted by Gasteiger charge is -2.38. The minimum absolute atomic E-state index is 0.257. The minimum atomic E-state index is 0.257. The van der Waals surface area contributed by atoms with Crippen LogP contribution in [0.3, 0.4) is 0 Å². The van der Waals surface area contributed by atoms with Gasteiger partial charge in [0.15, 0.2) is 0 Å². The summed E-state index contributed by atoms with van der Waals surface area (Å²) in [7, 11) is 0. The molecule has 14 heavy (non-hydrogen) atoms. The molecule has 0 spiro atoms. The number of rotatable bonds is 4. The Labute approximate surface area is 88.2 Å². The SMILES string of the molecule is CCC1CCC(C(C)(C)CON)CC1. The monoisotopic (exact) mass is 199 g/mol. The van der Waals surface area contributed by atoms with E-state index in [1.54, 1.807) is 0 Å². The second-order valence-electron chi connectivity index (χ2n) is 5.43. The van der Waals surface area contributed by atoms with Gasteiger partial charge in [-0.2, -0.15) is 0 Å². The van der Waals surface area contributed by atoms with Crippen LogP contribution >= 0.6 is 0 Å². The van der Waals surface area contributed by atoms with Crippen molar-refractivity contribution in [3.63, 3.8) is 0 Å². The van der Waals surface area contributed by atoms with E-state index in [0.29, 0.717) is 6.61 Å². The first-order chi connectivity index (χ1) is 6.60. The van der Waals surface area contributed by atoms with Gasteiger partial charge in [0.2, 0.25) is 0 Å². The zero-order chi connectivity index (χ0) is 10.6. The summed E-state index contributed by atoms with van der Waals surface area (Å²) in [4.78, 5) is 4.81. The van der Waals surface area contributed by atoms with E-state index in [2.05, 4.69) is 20.8 Å². The fraction of sp³-hybridized carbons (Fsp3) is 1.00. The molecule has 0 heterocycles. The van der Waals surface area contributed by atoms with Crippen LogP contribution < -0.4 is 5.90 Å². The number of hydrogen-bond acceptors (Lipinski definition) is 2. The summed E-state index contributed by atoms with van der Waals surface area (Å²) in [5.41, 5.74) is 0.257. The molecule has 2 N–H and O–H groups in total. The Kier molecular flexibility index (Phi) is 4.39. The van der Waals surface area contributed by atoms with Gasteiger partial charge >= 0.3 is 0 Å². The third kappa shape index (κ3) is 2.96. The maximum absolute atomic E-state index is 5.17. The summed E-state index contributed by atoms with van der Waals surface area (Å²) >= 11 is 0. The van der Waals surface area contributed by atoms with Crippen LogP contribution in [0.25, 0.3) is 0 Å². The molecule has 0 aliphatic heterocycles. The van der Waals surface area contributed by atoms with E-state index < -0.39 is 0 Å². The molecule has 0 aromatic carbocycles. The van der Waals surface area contributed by atoms with Crippen LogP contribution in [-0.4, -0.2) is 6.61 Å². The highest BCUT2D eigenvalue weighted by Gasteiger charge is 2.32. The molecule has 1 aliphatic carbocycles. The van der Waals surface area contributed by atoms with Crippen molar-refractivity contribution >= 4 is 0 Å². The van der Waals surface area contributed by atoms with E-state index >= 15 is 0 Å². The van der Waals surface area contributed by atoms with Gasteiger partial charge in [-0.25, -0.2) is 5.90 Å². The smallest absolute Gasteiger partial charge is 0.0732 e. The Morgan fingerprint density at radius 1 is 1.21 bits per heavy atom. The van der Waals surface area contributed by atoms with Crippen LogP contribution in [0.5, 0.6) is 0 Å². The van der Waals surface area contributed by atoms with Crippen molar-refractivity contribution < 1.29 is 4.84 Å². The Bertz CT molecular complexity index is 160. The van der Waals surface area contributed by atoms with E-state index in [4.69, 9.17) is 10.7 Å². The summed E-state index contributed by atoms with van der Waals surface area (Å²) in [6.45, 7) is 7.54. The van der Waals surface area contributed by atoms with E-state index in [9.17, 15) is 0 Å². The van der Waals surface area contributed by atoms with Crippen molar-refractivity contribution in [1.82, 2.24) is 0 Å². The number of hydrogen-bond donors (Lipinski definition) is 1. The van der Waals surface area contributed by atoms with Gasteiger partial charge in [-0.3, -0.25) is 0 Å². The Morgan fingerprint density at radius 2 is 1.79 bits per heavy atom. The normalized spacial score (nSPS) is 29.1. The van der Waals surface area contributed by atoms with Crippen molar-refractivity contribution in [3.8, 4) is 0 Å². The highest BCUT2D eigenvalue weighted by Crippen LogP contribution is 2.40. The van der Waals surface area contributed by atoms with Gasteiger partial charge in [0, 0.05) is 0 Å². The van der Waals surface area contributed by atoms with Crippen molar-refractivity contribution in [2.24, 2.45) is 23.1 Å². The molecule has 0 atom stereocenters. The van der Waals surface area contributed by atoms with Gasteiger partial charge in [-0.15, -0.1) is 0 Å². The third-order valence-corrected chi connectivity index (χ3v) is 3.98. The summed E-state index contributed by atoms with van der Waals surface area (Å²) < 4.78 is 0. The summed E-state index contributed by atoms with van der Waals surface area (Å²) in [6.07, 6.45) is 6.86. The van der Waals surface area contributed by atoms with Crippen molar-refractivity contribution in [1.29, 1.82) is 0 Å². The molecule has 2 heteroatoms. The Balaban J connectivity index is 2.40. The average molecular weight is 199 g/mol. The molecule has 0 aromatic heterocycles. The standard InChI is InChI=1S/C12H25NO/c1-4-10-5-7-11(8-6-10)12(2,3)9-14-13/h10-11H,4-9,13H2,1-3H3. The van der Waals surface area contributed by atoms with Crippen molar-refractivity contribution in [3.05, 3.63) is 0 Å². The first kappa shape index (κ1) is 12.0. The van der Waals surface area contributed by atoms with E-state index in [1.165, 1.54) is 32.1 Å². The lowest BCUT2D eigenvalue weighted by Crippen LogP contribution is -2.33. The average Bonchev–Trinajstić information content (AvgIpc) is 2.18. The van der Waals surface area contributed by atoms with Crippen LogP contribution in [0.4, 0.5) is 0 Å². The van der Waals surface area contributed by atoms with Crippen molar-refractivity contribution in [2.75, 3.05) is 6.61 Å². The van der Waals surface area contributed by atoms with Gasteiger partial charge in [-0.1, -0.05) is 40.0 Å². The quantitative estimate of drug-likeness (QED) is 0.706. The lowest BCUT2D eigenvalue weighted by molar-refractivity contribution is 0.0108. The highest BCUT2D eigenvalue weighted by atomic mass is 16.6. The summed E-state index contributed by atoms with van der Waals surface area (Å²) in [6, 6.07) is 0. The first-order valence-corrected chi connectivity index (χ1v) is 5.91. The second-order valence-corrected chi connectivity index (χ2v) is 5.43. The summed E-state index contributed by atoms with van der Waals surface area (Å²) in [5, 5.41) is 0. The van der Waals surface area contributed by atoms with E-state index in [1.807, 2.05) is 0 Å². The Hall–Kier alpha value is -0.0800. The van der Waals surface area contributed by atoms with Crippen LogP contribution in [0.2, 0.25) is 0 Å². The topological polar surface area (TPSA) is 35.2 Å².